The molecule has 1 amide bonds. The molecule has 1 aliphatic rings. The van der Waals surface area contributed by atoms with Gasteiger partial charge in [-0.2, -0.15) is 0 Å². The number of hydrogen-bond donors (Lipinski definition) is 0. The van der Waals surface area contributed by atoms with Crippen molar-refractivity contribution >= 4 is 5.91 Å². The minimum absolute atomic E-state index is 0.156. The van der Waals surface area contributed by atoms with E-state index in [0.717, 1.165) is 11.1 Å². The smallest absolute Gasteiger partial charge is 0.276 e. The van der Waals surface area contributed by atoms with Gasteiger partial charge in [0.2, 0.25) is 0 Å². The van der Waals surface area contributed by atoms with Gasteiger partial charge in [-0.1, -0.05) is 47.7 Å². The fourth-order valence-corrected chi connectivity index (χ4v) is 3.34. The summed E-state index contributed by atoms with van der Waals surface area (Å²) in [5.41, 5.74) is 2.94. The van der Waals surface area contributed by atoms with Crippen LogP contribution in [0.4, 0.5) is 4.39 Å². The number of fused-ring (bicyclic) bond motifs is 1. The average Bonchev–Trinajstić information content (AvgIpc) is 3.16. The number of hydrogen-bond acceptors (Lipinski definition) is 4. The van der Waals surface area contributed by atoms with E-state index in [9.17, 15) is 9.18 Å². The van der Waals surface area contributed by atoms with E-state index in [1.54, 1.807) is 21.7 Å². The van der Waals surface area contributed by atoms with E-state index >= 15 is 0 Å². The first-order valence-electron chi connectivity index (χ1n) is 9.28. The van der Waals surface area contributed by atoms with Gasteiger partial charge < -0.3 is 9.64 Å². The van der Waals surface area contributed by atoms with Crippen molar-refractivity contribution in [2.45, 2.75) is 32.7 Å². The van der Waals surface area contributed by atoms with E-state index in [-0.39, 0.29) is 24.4 Å². The molecule has 0 spiro atoms. The molecule has 0 aliphatic carbocycles. The van der Waals surface area contributed by atoms with Crippen LogP contribution in [-0.4, -0.2) is 32.3 Å². The standard InChI is InChI=1S/C21H21FN4O2/c1-2-25(12-15-6-4-3-5-7-15)21(27)20-18-14-28-19(13-26(18)24-23-20)16-8-10-17(22)11-9-16/h3-11,19H,2,12-14H2,1H3/t19-/m1/s1. The van der Waals surface area contributed by atoms with Crippen molar-refractivity contribution in [3.8, 4) is 0 Å². The van der Waals surface area contributed by atoms with Gasteiger partial charge in [0, 0.05) is 13.1 Å². The van der Waals surface area contributed by atoms with E-state index < -0.39 is 0 Å². The molecule has 1 atom stereocenters. The van der Waals surface area contributed by atoms with E-state index in [4.69, 9.17) is 4.74 Å². The number of rotatable bonds is 5. The summed E-state index contributed by atoms with van der Waals surface area (Å²) in [5.74, 6) is -0.441. The van der Waals surface area contributed by atoms with Crippen LogP contribution in [0.5, 0.6) is 0 Å². The third-order valence-electron chi connectivity index (χ3n) is 4.93. The molecule has 1 aliphatic heterocycles. The first-order valence-corrected chi connectivity index (χ1v) is 9.28. The number of halogens is 1. The van der Waals surface area contributed by atoms with E-state index in [2.05, 4.69) is 10.3 Å². The lowest BCUT2D eigenvalue weighted by Crippen LogP contribution is -2.32. The van der Waals surface area contributed by atoms with Gasteiger partial charge in [0.1, 0.15) is 11.9 Å². The predicted molar refractivity (Wildman–Crippen MR) is 101 cm³/mol. The predicted octanol–water partition coefficient (Wildman–Crippen LogP) is 3.35. The molecule has 7 heteroatoms. The normalized spacial score (nSPS) is 15.9. The Morgan fingerprint density at radius 3 is 2.68 bits per heavy atom. The molecule has 3 aromatic rings. The lowest BCUT2D eigenvalue weighted by Gasteiger charge is -2.25. The molecule has 28 heavy (non-hydrogen) atoms. The largest absolute Gasteiger partial charge is 0.365 e. The summed E-state index contributed by atoms with van der Waals surface area (Å²) in [4.78, 5) is 14.8. The fourth-order valence-electron chi connectivity index (χ4n) is 3.34. The van der Waals surface area contributed by atoms with Gasteiger partial charge in [-0.25, -0.2) is 9.07 Å². The topological polar surface area (TPSA) is 60.2 Å². The van der Waals surface area contributed by atoms with Crippen LogP contribution in [0.3, 0.4) is 0 Å². The molecular formula is C21H21FN4O2. The molecule has 0 radical (unpaired) electrons. The maximum Gasteiger partial charge on any atom is 0.276 e. The Bertz CT molecular complexity index is 956. The van der Waals surface area contributed by atoms with Crippen LogP contribution in [-0.2, 0) is 24.4 Å². The first kappa shape index (κ1) is 18.3. The van der Waals surface area contributed by atoms with Crippen LogP contribution < -0.4 is 0 Å². The number of aromatic nitrogens is 3. The third-order valence-corrected chi connectivity index (χ3v) is 4.93. The molecule has 2 heterocycles. The summed E-state index contributed by atoms with van der Waals surface area (Å²) in [6.45, 7) is 3.70. The van der Waals surface area contributed by atoms with Gasteiger partial charge in [-0.15, -0.1) is 5.10 Å². The Morgan fingerprint density at radius 1 is 1.21 bits per heavy atom. The van der Waals surface area contributed by atoms with Gasteiger partial charge >= 0.3 is 0 Å². The van der Waals surface area contributed by atoms with Crippen molar-refractivity contribution < 1.29 is 13.9 Å². The van der Waals surface area contributed by atoms with Crippen LogP contribution in [0.1, 0.15) is 40.3 Å². The molecule has 0 saturated heterocycles. The van der Waals surface area contributed by atoms with Crippen molar-refractivity contribution in [2.24, 2.45) is 0 Å². The van der Waals surface area contributed by atoms with Crippen molar-refractivity contribution in [1.82, 2.24) is 19.9 Å². The second-order valence-electron chi connectivity index (χ2n) is 6.72. The molecule has 4 rings (SSSR count). The second-order valence-corrected chi connectivity index (χ2v) is 6.72. The summed E-state index contributed by atoms with van der Waals surface area (Å²) in [6, 6.07) is 16.1. The highest BCUT2D eigenvalue weighted by molar-refractivity contribution is 5.93. The zero-order valence-electron chi connectivity index (χ0n) is 15.6. The Morgan fingerprint density at radius 2 is 1.96 bits per heavy atom. The molecule has 2 aromatic carbocycles. The summed E-state index contributed by atoms with van der Waals surface area (Å²) in [7, 11) is 0. The van der Waals surface area contributed by atoms with Crippen LogP contribution >= 0.6 is 0 Å². The molecular weight excluding hydrogens is 359 g/mol. The minimum Gasteiger partial charge on any atom is -0.365 e. The van der Waals surface area contributed by atoms with Crippen LogP contribution in [0, 0.1) is 5.82 Å². The highest BCUT2D eigenvalue weighted by Crippen LogP contribution is 2.27. The molecule has 0 N–H and O–H groups in total. The lowest BCUT2D eigenvalue weighted by atomic mass is 10.1. The third kappa shape index (κ3) is 3.66. The number of carbonyl (C=O) groups excluding carboxylic acids is 1. The monoisotopic (exact) mass is 380 g/mol. The van der Waals surface area contributed by atoms with E-state index in [1.165, 1.54) is 12.1 Å². The SMILES string of the molecule is CCN(Cc1ccccc1)C(=O)c1nnn2c1CO[C@@H](c1ccc(F)cc1)C2. The lowest BCUT2D eigenvalue weighted by molar-refractivity contribution is -0.00199. The van der Waals surface area contributed by atoms with Gasteiger partial charge in [0.05, 0.1) is 18.8 Å². The molecule has 144 valence electrons. The average molecular weight is 380 g/mol. The van der Waals surface area contributed by atoms with Crippen molar-refractivity contribution in [3.05, 3.63) is 82.9 Å². The Labute approximate surface area is 162 Å². The summed E-state index contributed by atoms with van der Waals surface area (Å²) >= 11 is 0. The van der Waals surface area contributed by atoms with Gasteiger partial charge in [-0.05, 0) is 30.2 Å². The Hall–Kier alpha value is -3.06. The molecule has 0 saturated carbocycles. The number of ether oxygens (including phenoxy) is 1. The van der Waals surface area contributed by atoms with E-state index in [0.29, 0.717) is 31.0 Å². The Balaban J connectivity index is 1.51. The quantitative estimate of drug-likeness (QED) is 0.681. The maximum atomic E-state index is 13.1. The van der Waals surface area contributed by atoms with Crippen LogP contribution in [0.25, 0.3) is 0 Å². The number of nitrogens with zero attached hydrogens (tertiary/aromatic N) is 4. The number of carbonyl (C=O) groups is 1. The molecule has 0 fully saturated rings. The molecule has 6 nitrogen and oxygen atoms in total. The fraction of sp³-hybridized carbons (Fsp3) is 0.286. The Kier molecular flexibility index (Phi) is 5.16. The number of amides is 1. The van der Waals surface area contributed by atoms with Gasteiger partial charge in [0.15, 0.2) is 5.69 Å². The second kappa shape index (κ2) is 7.90. The van der Waals surface area contributed by atoms with Crippen molar-refractivity contribution in [1.29, 1.82) is 0 Å². The summed E-state index contributed by atoms with van der Waals surface area (Å²) in [6.07, 6.45) is -0.246. The highest BCUT2D eigenvalue weighted by Gasteiger charge is 2.29. The van der Waals surface area contributed by atoms with Gasteiger partial charge in [-0.3, -0.25) is 4.79 Å². The summed E-state index contributed by atoms with van der Waals surface area (Å²) in [5, 5.41) is 8.29. The zero-order chi connectivity index (χ0) is 19.5. The minimum atomic E-state index is -0.285. The molecule has 0 unspecified atom stereocenters. The molecule has 0 bridgehead atoms. The zero-order valence-corrected chi connectivity index (χ0v) is 15.6. The van der Waals surface area contributed by atoms with Gasteiger partial charge in [0.25, 0.3) is 5.91 Å². The van der Waals surface area contributed by atoms with E-state index in [1.807, 2.05) is 37.3 Å². The summed E-state index contributed by atoms with van der Waals surface area (Å²) < 4.78 is 20.8. The highest BCUT2D eigenvalue weighted by atomic mass is 19.1. The van der Waals surface area contributed by atoms with Crippen LogP contribution in [0.2, 0.25) is 0 Å². The van der Waals surface area contributed by atoms with Crippen LogP contribution in [0.15, 0.2) is 54.6 Å². The van der Waals surface area contributed by atoms with Crippen molar-refractivity contribution in [3.63, 3.8) is 0 Å². The number of benzene rings is 2. The maximum absolute atomic E-state index is 13.1. The van der Waals surface area contributed by atoms with Crippen molar-refractivity contribution in [2.75, 3.05) is 6.54 Å². The molecule has 1 aromatic heterocycles. The first-order chi connectivity index (χ1) is 13.7.